The van der Waals surface area contributed by atoms with E-state index < -0.39 is 5.54 Å². The normalized spacial score (nSPS) is 18.9. The van der Waals surface area contributed by atoms with Crippen molar-refractivity contribution in [1.82, 2.24) is 14.8 Å². The molecule has 2 amide bonds. The molecule has 3 N–H and O–H groups in total. The number of nitrogens with one attached hydrogen (secondary N) is 1. The lowest BCUT2D eigenvalue weighted by atomic mass is 9.93. The lowest BCUT2D eigenvalue weighted by Crippen LogP contribution is -2.50. The number of amides is 2. The van der Waals surface area contributed by atoms with Crippen LogP contribution in [0.25, 0.3) is 11.1 Å². The van der Waals surface area contributed by atoms with Gasteiger partial charge in [0.15, 0.2) is 0 Å². The molecule has 1 atom stereocenters. The van der Waals surface area contributed by atoms with Crippen molar-refractivity contribution in [2.45, 2.75) is 44.2 Å². The summed E-state index contributed by atoms with van der Waals surface area (Å²) in [5.74, 6) is 0.500. The van der Waals surface area contributed by atoms with E-state index in [4.69, 9.17) is 5.73 Å². The maximum absolute atomic E-state index is 13.0. The highest BCUT2D eigenvalue weighted by Crippen LogP contribution is 2.44. The van der Waals surface area contributed by atoms with Crippen LogP contribution in [0, 0.1) is 5.92 Å². The van der Waals surface area contributed by atoms with Crippen molar-refractivity contribution in [2.75, 3.05) is 16.8 Å². The fourth-order valence-corrected chi connectivity index (χ4v) is 5.39. The summed E-state index contributed by atoms with van der Waals surface area (Å²) in [6.07, 6.45) is 9.33. The Labute approximate surface area is 227 Å². The van der Waals surface area contributed by atoms with Crippen molar-refractivity contribution in [1.29, 1.82) is 0 Å². The van der Waals surface area contributed by atoms with Gasteiger partial charge in [0, 0.05) is 42.8 Å². The van der Waals surface area contributed by atoms with Crippen LogP contribution in [0.5, 0.6) is 0 Å². The molecule has 8 heteroatoms. The summed E-state index contributed by atoms with van der Waals surface area (Å²) in [7, 11) is 0. The molecule has 1 saturated heterocycles. The second kappa shape index (κ2) is 10.5. The summed E-state index contributed by atoms with van der Waals surface area (Å²) in [4.78, 5) is 31.9. The number of benzene rings is 2. The Bertz CT molecular complexity index is 1500. The maximum atomic E-state index is 13.0. The molecule has 2 aromatic carbocycles. The van der Waals surface area contributed by atoms with Gasteiger partial charge in [-0.1, -0.05) is 54.6 Å². The highest BCUT2D eigenvalue weighted by atomic mass is 16.2. The van der Waals surface area contributed by atoms with E-state index in [9.17, 15) is 9.59 Å². The summed E-state index contributed by atoms with van der Waals surface area (Å²) in [6.45, 7) is 1.38. The minimum atomic E-state index is -0.754. The molecule has 8 nitrogen and oxygen atoms in total. The van der Waals surface area contributed by atoms with Gasteiger partial charge in [-0.2, -0.15) is 5.10 Å². The zero-order valence-electron chi connectivity index (χ0n) is 21.8. The number of hydrogen-bond donors (Lipinski definition) is 2. The Morgan fingerprint density at radius 1 is 1.03 bits per heavy atom. The van der Waals surface area contributed by atoms with Gasteiger partial charge in [-0.25, -0.2) is 4.98 Å². The summed E-state index contributed by atoms with van der Waals surface area (Å²) in [5.41, 5.74) is 10.6. The molecule has 6 rings (SSSR count). The largest absolute Gasteiger partial charge is 0.317 e. The van der Waals surface area contributed by atoms with Crippen molar-refractivity contribution in [3.8, 4) is 11.1 Å². The quantitative estimate of drug-likeness (QED) is 0.344. The number of anilines is 2. The van der Waals surface area contributed by atoms with Gasteiger partial charge in [-0.15, -0.1) is 0 Å². The predicted octanol–water partition coefficient (Wildman–Crippen LogP) is 4.21. The second-order valence-corrected chi connectivity index (χ2v) is 10.6. The molecular weight excluding hydrogens is 488 g/mol. The van der Waals surface area contributed by atoms with Crippen molar-refractivity contribution in [2.24, 2.45) is 11.7 Å². The summed E-state index contributed by atoms with van der Waals surface area (Å²) in [6, 6.07) is 21.8. The molecule has 1 aliphatic carbocycles. The van der Waals surface area contributed by atoms with Gasteiger partial charge in [0.2, 0.25) is 11.8 Å². The van der Waals surface area contributed by atoms with Crippen LogP contribution in [0.3, 0.4) is 0 Å². The van der Waals surface area contributed by atoms with Gasteiger partial charge < -0.3 is 16.0 Å². The fraction of sp³-hybridized carbons (Fsp3) is 0.290. The minimum Gasteiger partial charge on any atom is -0.317 e. The maximum Gasteiger partial charge on any atom is 0.247 e. The molecule has 39 heavy (non-hydrogen) atoms. The van der Waals surface area contributed by atoms with E-state index in [1.54, 1.807) is 23.2 Å². The number of carbonyl (C=O) groups is 2. The summed E-state index contributed by atoms with van der Waals surface area (Å²) >= 11 is 0. The van der Waals surface area contributed by atoms with Crippen LogP contribution in [-0.2, 0) is 29.0 Å². The lowest BCUT2D eigenvalue weighted by molar-refractivity contribution is -0.122. The average Bonchev–Trinajstić information content (AvgIpc) is 3.63. The van der Waals surface area contributed by atoms with Crippen LogP contribution in [0.4, 0.5) is 11.5 Å². The number of pyridine rings is 1. The van der Waals surface area contributed by atoms with Gasteiger partial charge >= 0.3 is 0 Å². The molecule has 0 bridgehead atoms. The smallest absolute Gasteiger partial charge is 0.247 e. The molecule has 2 aliphatic rings. The van der Waals surface area contributed by atoms with Gasteiger partial charge in [-0.3, -0.25) is 14.3 Å². The number of aryl methyl sites for hydroxylation is 2. The molecule has 4 aromatic rings. The van der Waals surface area contributed by atoms with Crippen molar-refractivity contribution in [3.63, 3.8) is 0 Å². The van der Waals surface area contributed by atoms with Crippen molar-refractivity contribution < 1.29 is 9.59 Å². The first kappa shape index (κ1) is 25.0. The van der Waals surface area contributed by atoms with E-state index in [-0.39, 0.29) is 24.2 Å². The third-order valence-electron chi connectivity index (χ3n) is 7.75. The minimum absolute atomic E-state index is 0.0336. The van der Waals surface area contributed by atoms with E-state index in [2.05, 4.69) is 27.5 Å². The third-order valence-corrected chi connectivity index (χ3v) is 7.75. The van der Waals surface area contributed by atoms with E-state index in [0.29, 0.717) is 24.5 Å². The Balaban J connectivity index is 1.08. The monoisotopic (exact) mass is 520 g/mol. The number of nitrogens with two attached hydrogens (primary N) is 1. The Morgan fingerprint density at radius 2 is 1.85 bits per heavy atom. The van der Waals surface area contributed by atoms with Crippen LogP contribution < -0.4 is 16.0 Å². The van der Waals surface area contributed by atoms with Crippen LogP contribution >= 0.6 is 0 Å². The average molecular weight is 521 g/mol. The number of rotatable bonds is 9. The first-order valence-corrected chi connectivity index (χ1v) is 13.5. The number of aromatic nitrogens is 3. The molecule has 2 fully saturated rings. The molecular formula is C31H32N6O2. The van der Waals surface area contributed by atoms with Crippen LogP contribution in [0.15, 0.2) is 85.3 Å². The number of carbonyl (C=O) groups excluding carboxylic acids is 2. The Kier molecular flexibility index (Phi) is 6.70. The van der Waals surface area contributed by atoms with E-state index >= 15 is 0 Å². The van der Waals surface area contributed by atoms with Crippen molar-refractivity contribution in [3.05, 3.63) is 96.4 Å². The summed E-state index contributed by atoms with van der Waals surface area (Å²) in [5, 5.41) is 7.40. The Hall–Kier alpha value is -4.30. The molecule has 0 unspecified atom stereocenters. The highest BCUT2D eigenvalue weighted by molar-refractivity contribution is 6.03. The first-order valence-electron chi connectivity index (χ1n) is 13.5. The molecule has 0 radical (unpaired) electrons. The summed E-state index contributed by atoms with van der Waals surface area (Å²) < 4.78 is 1.95. The standard InChI is InChI=1S/C31H32N6O2/c32-31(26-9-10-26)13-16-37(30(31)39)27-11-14-33-28(19-27)35-29(38)18-23-7-4-8-24(17-23)25-20-34-36(21-25)15-12-22-5-2-1-3-6-22/h1-8,11,14,17,19-21,26H,9-10,12-13,15-16,18,32H2,(H,33,35,38)/t31-/m1/s1. The molecule has 198 valence electrons. The van der Waals surface area contributed by atoms with E-state index in [1.807, 2.05) is 59.5 Å². The van der Waals surface area contributed by atoms with Crippen LogP contribution in [0.1, 0.15) is 30.4 Å². The SMILES string of the molecule is N[C@@]1(C2CC2)CCN(c2ccnc(NC(=O)Cc3cccc(-c4cnn(CCc5ccccc5)c4)c3)c2)C1=O. The number of nitrogens with zero attached hydrogens (tertiary/aromatic N) is 4. The zero-order valence-corrected chi connectivity index (χ0v) is 21.8. The topological polar surface area (TPSA) is 106 Å². The number of hydrogen-bond acceptors (Lipinski definition) is 5. The molecule has 0 spiro atoms. The fourth-order valence-electron chi connectivity index (χ4n) is 5.39. The predicted molar refractivity (Wildman–Crippen MR) is 151 cm³/mol. The highest BCUT2D eigenvalue weighted by Gasteiger charge is 2.53. The first-order chi connectivity index (χ1) is 19.0. The molecule has 1 aliphatic heterocycles. The van der Waals surface area contributed by atoms with Gasteiger partial charge in [0.1, 0.15) is 11.4 Å². The van der Waals surface area contributed by atoms with E-state index in [1.165, 1.54) is 5.56 Å². The van der Waals surface area contributed by atoms with Gasteiger partial charge in [0.25, 0.3) is 0 Å². The Morgan fingerprint density at radius 3 is 2.67 bits per heavy atom. The zero-order chi connectivity index (χ0) is 26.8. The molecule has 3 heterocycles. The second-order valence-electron chi connectivity index (χ2n) is 10.6. The van der Waals surface area contributed by atoms with E-state index in [0.717, 1.165) is 42.5 Å². The van der Waals surface area contributed by atoms with Crippen molar-refractivity contribution >= 4 is 23.3 Å². The molecule has 1 saturated carbocycles. The third kappa shape index (κ3) is 5.47. The van der Waals surface area contributed by atoms with Crippen LogP contribution in [-0.4, -0.2) is 38.7 Å². The van der Waals surface area contributed by atoms with Crippen LogP contribution in [0.2, 0.25) is 0 Å². The van der Waals surface area contributed by atoms with Gasteiger partial charge in [-0.05, 0) is 54.4 Å². The molecule has 2 aromatic heterocycles. The lowest BCUT2D eigenvalue weighted by Gasteiger charge is -2.23. The van der Waals surface area contributed by atoms with Gasteiger partial charge in [0.05, 0.1) is 12.6 Å².